The minimum atomic E-state index is -0.520. The van der Waals surface area contributed by atoms with E-state index >= 15 is 0 Å². The molecule has 16 heavy (non-hydrogen) atoms. The Kier molecular flexibility index (Phi) is 2.82. The average molecular weight is 285 g/mol. The number of carbonyl (C=O) groups is 1. The highest BCUT2D eigenvalue weighted by molar-refractivity contribution is 9.10. The van der Waals surface area contributed by atoms with E-state index in [0.29, 0.717) is 11.1 Å². The van der Waals surface area contributed by atoms with E-state index in [0.717, 1.165) is 4.47 Å². The lowest BCUT2D eigenvalue weighted by molar-refractivity contribution is 0.0529. The molecule has 2 aromatic rings. The number of hydrogen-bond donors (Lipinski definition) is 1. The molecule has 2 N–H and O–H groups in total. The van der Waals surface area contributed by atoms with Gasteiger partial charge in [-0.15, -0.1) is 0 Å². The summed E-state index contributed by atoms with van der Waals surface area (Å²) in [4.78, 5) is 15.7. The first-order valence-electron chi connectivity index (χ1n) is 4.64. The molecule has 0 aliphatic carbocycles. The number of furan rings is 1. The standard InChI is InChI=1S/C10H9BrN2O3/c1-2-15-10(14)7-8-6(16-9(7)12)3-5(11)4-13-8/h3-4H,2,12H2,1H3. The fourth-order valence-electron chi connectivity index (χ4n) is 1.37. The number of carbonyl (C=O) groups excluding carboxylic acids is 1. The van der Waals surface area contributed by atoms with Crippen LogP contribution in [0.5, 0.6) is 0 Å². The molecule has 0 aliphatic rings. The van der Waals surface area contributed by atoms with Gasteiger partial charge in [0.05, 0.1) is 6.61 Å². The maximum Gasteiger partial charge on any atom is 0.345 e. The molecule has 0 aromatic carbocycles. The van der Waals surface area contributed by atoms with Crippen molar-refractivity contribution >= 4 is 38.9 Å². The van der Waals surface area contributed by atoms with Gasteiger partial charge < -0.3 is 14.9 Å². The van der Waals surface area contributed by atoms with Crippen molar-refractivity contribution in [3.8, 4) is 0 Å². The van der Waals surface area contributed by atoms with E-state index in [1.54, 1.807) is 19.2 Å². The molecule has 2 rings (SSSR count). The van der Waals surface area contributed by atoms with Crippen LogP contribution < -0.4 is 5.73 Å². The van der Waals surface area contributed by atoms with E-state index in [-0.39, 0.29) is 18.1 Å². The van der Waals surface area contributed by atoms with Crippen molar-refractivity contribution in [3.63, 3.8) is 0 Å². The first-order valence-corrected chi connectivity index (χ1v) is 5.43. The zero-order chi connectivity index (χ0) is 11.7. The average Bonchev–Trinajstić information content (AvgIpc) is 2.53. The minimum absolute atomic E-state index is 0.0269. The minimum Gasteiger partial charge on any atom is -0.462 e. The summed E-state index contributed by atoms with van der Waals surface area (Å²) in [7, 11) is 0. The first-order chi connectivity index (χ1) is 7.63. The quantitative estimate of drug-likeness (QED) is 0.857. The molecular weight excluding hydrogens is 276 g/mol. The fourth-order valence-corrected chi connectivity index (χ4v) is 1.68. The number of anilines is 1. The lowest BCUT2D eigenvalue weighted by Gasteiger charge is -1.99. The van der Waals surface area contributed by atoms with Crippen LogP contribution in [0.15, 0.2) is 21.2 Å². The van der Waals surface area contributed by atoms with E-state index in [9.17, 15) is 4.79 Å². The number of nitrogens with two attached hydrogens (primary N) is 1. The topological polar surface area (TPSA) is 78.4 Å². The van der Waals surface area contributed by atoms with Crippen molar-refractivity contribution in [2.75, 3.05) is 12.3 Å². The van der Waals surface area contributed by atoms with E-state index < -0.39 is 5.97 Å². The summed E-state index contributed by atoms with van der Waals surface area (Å²) in [6.45, 7) is 2.00. The molecule has 0 spiro atoms. The van der Waals surface area contributed by atoms with Gasteiger partial charge in [0, 0.05) is 10.7 Å². The Morgan fingerprint density at radius 1 is 1.69 bits per heavy atom. The highest BCUT2D eigenvalue weighted by atomic mass is 79.9. The van der Waals surface area contributed by atoms with Crippen LogP contribution in [0.2, 0.25) is 0 Å². The van der Waals surface area contributed by atoms with Crippen LogP contribution in [0, 0.1) is 0 Å². The predicted octanol–water partition coefficient (Wildman–Crippen LogP) is 2.35. The molecule has 0 saturated carbocycles. The van der Waals surface area contributed by atoms with Crippen molar-refractivity contribution in [2.45, 2.75) is 6.92 Å². The molecule has 2 aromatic heterocycles. The highest BCUT2D eigenvalue weighted by Gasteiger charge is 2.21. The van der Waals surface area contributed by atoms with Crippen LogP contribution in [0.25, 0.3) is 11.1 Å². The number of esters is 1. The molecule has 84 valence electrons. The summed E-state index contributed by atoms with van der Waals surface area (Å²) in [6, 6.07) is 1.70. The maximum absolute atomic E-state index is 11.6. The van der Waals surface area contributed by atoms with Crippen LogP contribution in [0.1, 0.15) is 17.3 Å². The van der Waals surface area contributed by atoms with E-state index in [1.165, 1.54) is 0 Å². The third kappa shape index (κ3) is 1.76. The number of nitrogen functional groups attached to an aromatic ring is 1. The van der Waals surface area contributed by atoms with E-state index in [4.69, 9.17) is 14.9 Å². The van der Waals surface area contributed by atoms with Gasteiger partial charge in [0.25, 0.3) is 0 Å². The molecule has 0 unspecified atom stereocenters. The SMILES string of the molecule is CCOC(=O)c1c(N)oc2cc(Br)cnc12. The molecule has 2 heterocycles. The summed E-state index contributed by atoms with van der Waals surface area (Å²) in [5.41, 5.74) is 6.67. The summed E-state index contributed by atoms with van der Waals surface area (Å²) in [6.07, 6.45) is 1.57. The van der Waals surface area contributed by atoms with Crippen molar-refractivity contribution in [2.24, 2.45) is 0 Å². The van der Waals surface area contributed by atoms with Gasteiger partial charge >= 0.3 is 5.97 Å². The summed E-state index contributed by atoms with van der Waals surface area (Å²) < 4.78 is 10.9. The molecule has 0 saturated heterocycles. The Labute approximate surface area is 99.7 Å². The highest BCUT2D eigenvalue weighted by Crippen LogP contribution is 2.28. The first kappa shape index (κ1) is 10.9. The van der Waals surface area contributed by atoms with Crippen molar-refractivity contribution in [3.05, 3.63) is 22.3 Å². The normalized spacial score (nSPS) is 10.6. The molecule has 5 nitrogen and oxygen atoms in total. The van der Waals surface area contributed by atoms with Gasteiger partial charge in [-0.1, -0.05) is 0 Å². The molecule has 6 heteroatoms. The number of halogens is 1. The van der Waals surface area contributed by atoms with Gasteiger partial charge in [0.15, 0.2) is 5.58 Å². The van der Waals surface area contributed by atoms with Crippen LogP contribution in [0.3, 0.4) is 0 Å². The second-order valence-electron chi connectivity index (χ2n) is 3.06. The fraction of sp³-hybridized carbons (Fsp3) is 0.200. The Hall–Kier alpha value is -1.56. The lowest BCUT2D eigenvalue weighted by atomic mass is 10.2. The van der Waals surface area contributed by atoms with Crippen LogP contribution in [0.4, 0.5) is 5.88 Å². The number of rotatable bonds is 2. The zero-order valence-electron chi connectivity index (χ0n) is 8.49. The van der Waals surface area contributed by atoms with Crippen molar-refractivity contribution in [1.29, 1.82) is 0 Å². The largest absolute Gasteiger partial charge is 0.462 e. The number of pyridine rings is 1. The van der Waals surface area contributed by atoms with Crippen LogP contribution in [-0.4, -0.2) is 17.6 Å². The summed E-state index contributed by atoms with van der Waals surface area (Å²) >= 11 is 3.25. The van der Waals surface area contributed by atoms with Gasteiger partial charge in [-0.2, -0.15) is 0 Å². The van der Waals surface area contributed by atoms with Crippen molar-refractivity contribution < 1.29 is 13.9 Å². The number of hydrogen-bond acceptors (Lipinski definition) is 5. The molecule has 0 atom stereocenters. The van der Waals surface area contributed by atoms with Crippen LogP contribution >= 0.6 is 15.9 Å². The van der Waals surface area contributed by atoms with E-state index in [1.807, 2.05) is 0 Å². The Balaban J connectivity index is 2.60. The van der Waals surface area contributed by atoms with Gasteiger partial charge in [-0.05, 0) is 28.9 Å². The lowest BCUT2D eigenvalue weighted by Crippen LogP contribution is -2.06. The number of fused-ring (bicyclic) bond motifs is 1. The van der Waals surface area contributed by atoms with Gasteiger partial charge in [0.1, 0.15) is 11.1 Å². The van der Waals surface area contributed by atoms with Gasteiger partial charge in [-0.25, -0.2) is 4.79 Å². The third-order valence-corrected chi connectivity index (χ3v) is 2.44. The van der Waals surface area contributed by atoms with Crippen LogP contribution in [-0.2, 0) is 4.74 Å². The third-order valence-electron chi connectivity index (χ3n) is 2.00. The monoisotopic (exact) mass is 284 g/mol. The second-order valence-corrected chi connectivity index (χ2v) is 3.98. The number of ether oxygens (including phenoxy) is 1. The number of nitrogens with zero attached hydrogens (tertiary/aromatic N) is 1. The predicted molar refractivity (Wildman–Crippen MR) is 62.1 cm³/mol. The van der Waals surface area contributed by atoms with Gasteiger partial charge in [-0.3, -0.25) is 4.98 Å². The number of aromatic nitrogens is 1. The van der Waals surface area contributed by atoms with E-state index in [2.05, 4.69) is 20.9 Å². The molecule has 0 aliphatic heterocycles. The molecule has 0 bridgehead atoms. The molecule has 0 amide bonds. The Bertz CT molecular complexity index is 550. The van der Waals surface area contributed by atoms with Gasteiger partial charge in [0.2, 0.25) is 5.88 Å². The Morgan fingerprint density at radius 3 is 3.12 bits per heavy atom. The summed E-state index contributed by atoms with van der Waals surface area (Å²) in [5.74, 6) is -0.493. The molecule has 0 radical (unpaired) electrons. The smallest absolute Gasteiger partial charge is 0.345 e. The zero-order valence-corrected chi connectivity index (χ0v) is 10.1. The maximum atomic E-state index is 11.6. The molecule has 0 fully saturated rings. The van der Waals surface area contributed by atoms with Crippen molar-refractivity contribution in [1.82, 2.24) is 4.98 Å². The Morgan fingerprint density at radius 2 is 2.44 bits per heavy atom. The second kappa shape index (κ2) is 4.13. The summed E-state index contributed by atoms with van der Waals surface area (Å²) in [5, 5.41) is 0. The molecular formula is C10H9BrN2O3.